The van der Waals surface area contributed by atoms with Gasteiger partial charge < -0.3 is 14.8 Å². The standard InChI is InChI=1S/C30H39Cl2N3O3/c1-3-37-29(38-4-2)17-16-25-26(19-29)35-30(34-25,21-14-15-23(31)24(32)18-21)27(20-10-8-9-11-20)28(36)33-22-12-6-5-7-13-22/h14-18,20,22,27H,3-13,19H2,1-2H3,(H,33,36). The first-order chi connectivity index (χ1) is 18.4. The quantitative estimate of drug-likeness (QED) is 0.330. The maximum atomic E-state index is 14.3. The van der Waals surface area contributed by atoms with Crippen LogP contribution in [0.3, 0.4) is 0 Å². The maximum absolute atomic E-state index is 14.3. The summed E-state index contributed by atoms with van der Waals surface area (Å²) < 4.78 is 12.1. The fourth-order valence-corrected chi connectivity index (χ4v) is 7.05. The Hall–Kier alpha value is -1.73. The number of allylic oxidation sites excluding steroid dienone is 1. The van der Waals surface area contributed by atoms with E-state index in [9.17, 15) is 4.79 Å². The van der Waals surface area contributed by atoms with Gasteiger partial charge in [-0.05, 0) is 69.7 Å². The Labute approximate surface area is 236 Å². The molecule has 1 N–H and O–H groups in total. The first kappa shape index (κ1) is 27.8. The van der Waals surface area contributed by atoms with Crippen molar-refractivity contribution in [2.75, 3.05) is 13.2 Å². The van der Waals surface area contributed by atoms with Crippen molar-refractivity contribution in [2.45, 2.75) is 95.5 Å². The molecule has 5 rings (SSSR count). The molecule has 0 aromatic heterocycles. The molecule has 0 saturated heterocycles. The molecule has 1 heterocycles. The van der Waals surface area contributed by atoms with Crippen LogP contribution in [0.5, 0.6) is 0 Å². The number of carbonyl (C=O) groups excluding carboxylic acids is 1. The van der Waals surface area contributed by atoms with Crippen LogP contribution in [-0.4, -0.2) is 42.4 Å². The number of benzene rings is 1. The van der Waals surface area contributed by atoms with Gasteiger partial charge in [0.1, 0.15) is 0 Å². The second kappa shape index (κ2) is 11.8. The third kappa shape index (κ3) is 5.47. The summed E-state index contributed by atoms with van der Waals surface area (Å²) in [6.45, 7) is 4.94. The summed E-state index contributed by atoms with van der Waals surface area (Å²) >= 11 is 12.9. The lowest BCUT2D eigenvalue weighted by Crippen LogP contribution is -2.49. The molecule has 206 valence electrons. The van der Waals surface area contributed by atoms with Gasteiger partial charge in [-0.3, -0.25) is 9.79 Å². The van der Waals surface area contributed by atoms with Crippen LogP contribution in [0.4, 0.5) is 0 Å². The summed E-state index contributed by atoms with van der Waals surface area (Å²) in [7, 11) is 0. The van der Waals surface area contributed by atoms with Gasteiger partial charge in [-0.25, -0.2) is 4.99 Å². The number of carbonyl (C=O) groups is 1. The monoisotopic (exact) mass is 559 g/mol. The zero-order chi connectivity index (χ0) is 26.8. The molecule has 0 radical (unpaired) electrons. The van der Waals surface area contributed by atoms with E-state index in [4.69, 9.17) is 42.7 Å². The molecule has 0 bridgehead atoms. The lowest BCUT2D eigenvalue weighted by molar-refractivity contribution is -0.194. The number of hydrogen-bond donors (Lipinski definition) is 1. The van der Waals surface area contributed by atoms with E-state index >= 15 is 0 Å². The SMILES string of the molecule is CCOC1(OCC)C=CC2=NC(c3ccc(Cl)c(Cl)c3)(C(C(=O)NC3CCCCC3)C3CCCC3)N=C2C1. The van der Waals surface area contributed by atoms with Crippen molar-refractivity contribution in [1.82, 2.24) is 5.32 Å². The third-order valence-corrected chi connectivity index (χ3v) is 9.20. The molecule has 2 saturated carbocycles. The van der Waals surface area contributed by atoms with E-state index < -0.39 is 17.4 Å². The minimum atomic E-state index is -1.12. The Morgan fingerprint density at radius 2 is 1.68 bits per heavy atom. The maximum Gasteiger partial charge on any atom is 0.228 e. The summed E-state index contributed by atoms with van der Waals surface area (Å²) in [5.74, 6) is -1.11. The zero-order valence-electron chi connectivity index (χ0n) is 22.5. The van der Waals surface area contributed by atoms with Crippen molar-refractivity contribution < 1.29 is 14.3 Å². The number of fused-ring (bicyclic) bond motifs is 1. The normalized spacial score (nSPS) is 26.1. The van der Waals surface area contributed by atoms with E-state index in [-0.39, 0.29) is 17.9 Å². The number of rotatable bonds is 9. The average molecular weight is 561 g/mol. The van der Waals surface area contributed by atoms with Crippen LogP contribution in [0.1, 0.15) is 83.6 Å². The lowest BCUT2D eigenvalue weighted by Gasteiger charge is -2.37. The predicted molar refractivity (Wildman–Crippen MR) is 153 cm³/mol. The van der Waals surface area contributed by atoms with Gasteiger partial charge in [0.25, 0.3) is 0 Å². The number of nitrogens with zero attached hydrogens (tertiary/aromatic N) is 2. The Kier molecular flexibility index (Phi) is 8.63. The van der Waals surface area contributed by atoms with Crippen molar-refractivity contribution in [3.05, 3.63) is 46.0 Å². The molecular weight excluding hydrogens is 521 g/mol. The van der Waals surface area contributed by atoms with Crippen molar-refractivity contribution >= 4 is 40.5 Å². The second-order valence-electron chi connectivity index (χ2n) is 11.0. The zero-order valence-corrected chi connectivity index (χ0v) is 24.0. The molecule has 6 nitrogen and oxygen atoms in total. The largest absolute Gasteiger partial charge is 0.353 e. The Balaban J connectivity index is 1.61. The lowest BCUT2D eigenvalue weighted by atomic mass is 9.76. The highest BCUT2D eigenvalue weighted by atomic mass is 35.5. The molecule has 1 aromatic carbocycles. The molecule has 0 spiro atoms. The molecule has 1 amide bonds. The van der Waals surface area contributed by atoms with E-state index in [1.54, 1.807) is 6.07 Å². The van der Waals surface area contributed by atoms with Crippen LogP contribution in [0, 0.1) is 11.8 Å². The molecule has 8 heteroatoms. The van der Waals surface area contributed by atoms with Crippen molar-refractivity contribution in [3.63, 3.8) is 0 Å². The van der Waals surface area contributed by atoms with Gasteiger partial charge in [-0.15, -0.1) is 0 Å². The number of amides is 1. The fourth-order valence-electron chi connectivity index (χ4n) is 6.75. The highest BCUT2D eigenvalue weighted by molar-refractivity contribution is 6.48. The van der Waals surface area contributed by atoms with Crippen molar-refractivity contribution in [2.24, 2.45) is 21.8 Å². The molecule has 1 aliphatic heterocycles. The highest BCUT2D eigenvalue weighted by Crippen LogP contribution is 2.49. The molecular formula is C30H39Cl2N3O3. The second-order valence-corrected chi connectivity index (χ2v) is 11.8. The summed E-state index contributed by atoms with van der Waals surface area (Å²) in [5.41, 5.74) is 1.25. The number of halogens is 2. The molecule has 2 fully saturated rings. The van der Waals surface area contributed by atoms with Crippen LogP contribution in [0.25, 0.3) is 0 Å². The first-order valence-corrected chi connectivity index (χ1v) is 15.1. The van der Waals surface area contributed by atoms with Gasteiger partial charge in [0.05, 0.1) is 27.4 Å². The van der Waals surface area contributed by atoms with Crippen LogP contribution in [0.2, 0.25) is 10.0 Å². The fraction of sp³-hybridized carbons (Fsp3) is 0.633. The number of nitrogens with one attached hydrogen (secondary N) is 1. The Morgan fingerprint density at radius 3 is 2.34 bits per heavy atom. The average Bonchev–Trinajstić information content (AvgIpc) is 3.55. The number of hydrogen-bond acceptors (Lipinski definition) is 5. The van der Waals surface area contributed by atoms with Crippen molar-refractivity contribution in [3.8, 4) is 0 Å². The molecule has 3 aliphatic carbocycles. The first-order valence-electron chi connectivity index (χ1n) is 14.3. The van der Waals surface area contributed by atoms with E-state index in [2.05, 4.69) is 5.32 Å². The van der Waals surface area contributed by atoms with E-state index in [1.165, 1.54) is 6.42 Å². The van der Waals surface area contributed by atoms with Gasteiger partial charge in [0.2, 0.25) is 5.91 Å². The molecule has 38 heavy (non-hydrogen) atoms. The van der Waals surface area contributed by atoms with Crippen LogP contribution in [-0.2, 0) is 19.9 Å². The minimum absolute atomic E-state index is 0.0482. The van der Waals surface area contributed by atoms with Gasteiger partial charge in [-0.1, -0.05) is 61.4 Å². The summed E-state index contributed by atoms with van der Waals surface area (Å²) in [4.78, 5) is 24.9. The van der Waals surface area contributed by atoms with Crippen LogP contribution in [0.15, 0.2) is 40.3 Å². The van der Waals surface area contributed by atoms with Gasteiger partial charge in [0.15, 0.2) is 11.4 Å². The summed E-state index contributed by atoms with van der Waals surface area (Å²) in [6.07, 6.45) is 14.1. The number of ether oxygens (including phenoxy) is 2. The van der Waals surface area contributed by atoms with Crippen molar-refractivity contribution in [1.29, 1.82) is 0 Å². The third-order valence-electron chi connectivity index (χ3n) is 8.46. The highest BCUT2D eigenvalue weighted by Gasteiger charge is 2.53. The molecule has 2 unspecified atom stereocenters. The van der Waals surface area contributed by atoms with E-state index in [0.717, 1.165) is 68.4 Å². The summed E-state index contributed by atoms with van der Waals surface area (Å²) in [5, 5.41) is 4.33. The van der Waals surface area contributed by atoms with Crippen LogP contribution >= 0.6 is 23.2 Å². The topological polar surface area (TPSA) is 72.3 Å². The van der Waals surface area contributed by atoms with E-state index in [0.29, 0.717) is 29.7 Å². The minimum Gasteiger partial charge on any atom is -0.353 e. The Bertz CT molecular complexity index is 1120. The molecule has 1 aromatic rings. The van der Waals surface area contributed by atoms with Crippen LogP contribution < -0.4 is 5.32 Å². The van der Waals surface area contributed by atoms with E-state index in [1.807, 2.05) is 38.1 Å². The molecule has 2 atom stereocenters. The van der Waals surface area contributed by atoms with Gasteiger partial charge in [-0.2, -0.15) is 0 Å². The predicted octanol–water partition coefficient (Wildman–Crippen LogP) is 7.03. The van der Waals surface area contributed by atoms with Gasteiger partial charge >= 0.3 is 0 Å². The smallest absolute Gasteiger partial charge is 0.228 e. The van der Waals surface area contributed by atoms with Gasteiger partial charge in [0, 0.05) is 31.2 Å². The Morgan fingerprint density at radius 1 is 1.00 bits per heavy atom. The summed E-state index contributed by atoms with van der Waals surface area (Å²) in [6, 6.07) is 5.76. The molecule has 4 aliphatic rings. The number of aliphatic imine (C=N–C) groups is 2.